The summed E-state index contributed by atoms with van der Waals surface area (Å²) < 4.78 is 17.9. The largest absolute Gasteiger partial charge is 0.454 e. The second kappa shape index (κ2) is 8.32. The van der Waals surface area contributed by atoms with Crippen molar-refractivity contribution in [2.24, 2.45) is 0 Å². The van der Waals surface area contributed by atoms with E-state index in [9.17, 15) is 23.6 Å². The van der Waals surface area contributed by atoms with Crippen molar-refractivity contribution in [3.63, 3.8) is 0 Å². The van der Waals surface area contributed by atoms with Crippen LogP contribution in [0.1, 0.15) is 24.2 Å². The van der Waals surface area contributed by atoms with Gasteiger partial charge in [0.1, 0.15) is 17.9 Å². The van der Waals surface area contributed by atoms with Gasteiger partial charge in [0.25, 0.3) is 11.8 Å². The van der Waals surface area contributed by atoms with E-state index in [1.54, 1.807) is 38.1 Å². The van der Waals surface area contributed by atoms with E-state index >= 15 is 0 Å². The molecule has 3 amide bonds. The number of halogens is 1. The number of amides is 3. The van der Waals surface area contributed by atoms with Crippen LogP contribution in [0.5, 0.6) is 0 Å². The van der Waals surface area contributed by atoms with Gasteiger partial charge >= 0.3 is 5.97 Å². The van der Waals surface area contributed by atoms with Crippen LogP contribution in [0.15, 0.2) is 48.5 Å². The first-order chi connectivity index (χ1) is 14.2. The molecule has 0 radical (unpaired) electrons. The summed E-state index contributed by atoms with van der Waals surface area (Å²) in [4.78, 5) is 50.3. The SMILES string of the molecule is CC1(C)C(=O)Nc2ccccc2N1C(=O)COC(=O)CNC(=O)c1ccc(F)cc1. The van der Waals surface area contributed by atoms with Gasteiger partial charge in [-0.1, -0.05) is 12.1 Å². The molecule has 8 nitrogen and oxygen atoms in total. The maximum Gasteiger partial charge on any atom is 0.325 e. The average Bonchev–Trinajstić information content (AvgIpc) is 2.71. The number of ether oxygens (including phenoxy) is 1. The van der Waals surface area contributed by atoms with Crippen LogP contribution in [0, 0.1) is 5.82 Å². The molecule has 0 spiro atoms. The molecule has 3 rings (SSSR count). The zero-order chi connectivity index (χ0) is 21.9. The summed E-state index contributed by atoms with van der Waals surface area (Å²) in [5.74, 6) is -2.85. The molecule has 0 unspecified atom stereocenters. The van der Waals surface area contributed by atoms with Gasteiger partial charge in [-0.15, -0.1) is 0 Å². The first-order valence-corrected chi connectivity index (χ1v) is 9.13. The Labute approximate surface area is 172 Å². The highest BCUT2D eigenvalue weighted by atomic mass is 19.1. The molecular weight excluding hydrogens is 393 g/mol. The lowest BCUT2D eigenvalue weighted by Crippen LogP contribution is -2.59. The van der Waals surface area contributed by atoms with Crippen LogP contribution in [-0.4, -0.2) is 42.4 Å². The molecule has 2 N–H and O–H groups in total. The predicted molar refractivity (Wildman–Crippen MR) is 106 cm³/mol. The average molecular weight is 413 g/mol. The Morgan fingerprint density at radius 2 is 1.77 bits per heavy atom. The van der Waals surface area contributed by atoms with E-state index in [0.29, 0.717) is 11.4 Å². The molecule has 0 saturated heterocycles. The van der Waals surface area contributed by atoms with E-state index in [0.717, 1.165) is 12.1 Å². The van der Waals surface area contributed by atoms with Gasteiger partial charge in [-0.05, 0) is 50.2 Å². The Hall–Kier alpha value is -3.75. The predicted octanol–water partition coefficient (Wildman–Crippen LogP) is 1.86. The molecule has 0 saturated carbocycles. The smallest absolute Gasteiger partial charge is 0.325 e. The van der Waals surface area contributed by atoms with Gasteiger partial charge in [-0.2, -0.15) is 0 Å². The van der Waals surface area contributed by atoms with Crippen molar-refractivity contribution in [3.05, 3.63) is 59.9 Å². The highest BCUT2D eigenvalue weighted by Crippen LogP contribution is 2.36. The van der Waals surface area contributed by atoms with Crippen LogP contribution >= 0.6 is 0 Å². The molecule has 2 aromatic rings. The lowest BCUT2D eigenvalue weighted by atomic mass is 9.96. The standard InChI is InChI=1S/C21H20FN3O5/c1-21(2)20(29)24-15-5-3-4-6-16(15)25(21)17(26)12-30-18(27)11-23-19(28)13-7-9-14(22)10-8-13/h3-10H,11-12H2,1-2H3,(H,23,28)(H,24,29). The van der Waals surface area contributed by atoms with Crippen LogP contribution < -0.4 is 15.5 Å². The van der Waals surface area contributed by atoms with Gasteiger partial charge in [-0.25, -0.2) is 4.39 Å². The number of carbonyl (C=O) groups excluding carboxylic acids is 4. The molecule has 0 aliphatic carbocycles. The molecule has 0 aromatic heterocycles. The van der Waals surface area contributed by atoms with E-state index in [1.165, 1.54) is 17.0 Å². The van der Waals surface area contributed by atoms with E-state index in [-0.39, 0.29) is 11.5 Å². The van der Waals surface area contributed by atoms with Gasteiger partial charge in [0.05, 0.1) is 11.4 Å². The third kappa shape index (κ3) is 4.29. The molecule has 0 atom stereocenters. The summed E-state index contributed by atoms with van der Waals surface area (Å²) in [5, 5.41) is 5.08. The van der Waals surface area contributed by atoms with Crippen molar-refractivity contribution in [3.8, 4) is 0 Å². The van der Waals surface area contributed by atoms with Crippen molar-refractivity contribution < 1.29 is 28.3 Å². The van der Waals surface area contributed by atoms with Crippen molar-refractivity contribution >= 4 is 35.1 Å². The number of fused-ring (bicyclic) bond motifs is 1. The molecule has 1 heterocycles. The molecule has 30 heavy (non-hydrogen) atoms. The molecule has 156 valence electrons. The Morgan fingerprint density at radius 3 is 2.47 bits per heavy atom. The quantitative estimate of drug-likeness (QED) is 0.728. The number of esters is 1. The number of nitrogens with zero attached hydrogens (tertiary/aromatic N) is 1. The van der Waals surface area contributed by atoms with Gasteiger partial charge in [-0.3, -0.25) is 24.1 Å². The number of nitrogens with one attached hydrogen (secondary N) is 2. The fraction of sp³-hybridized carbons (Fsp3) is 0.238. The Balaban J connectivity index is 1.59. The summed E-state index contributed by atoms with van der Waals surface area (Å²) in [7, 11) is 0. The maximum atomic E-state index is 12.9. The Bertz CT molecular complexity index is 1000. The summed E-state index contributed by atoms with van der Waals surface area (Å²) in [5.41, 5.74) is -0.0342. The fourth-order valence-electron chi connectivity index (χ4n) is 3.01. The molecule has 1 aliphatic rings. The fourth-order valence-corrected chi connectivity index (χ4v) is 3.01. The van der Waals surface area contributed by atoms with E-state index in [2.05, 4.69) is 10.6 Å². The monoisotopic (exact) mass is 413 g/mol. The van der Waals surface area contributed by atoms with Crippen LogP contribution in [0.25, 0.3) is 0 Å². The lowest BCUT2D eigenvalue weighted by molar-refractivity contribution is -0.147. The summed E-state index contributed by atoms with van der Waals surface area (Å²) in [6, 6.07) is 11.6. The minimum absolute atomic E-state index is 0.179. The molecule has 9 heteroatoms. The summed E-state index contributed by atoms with van der Waals surface area (Å²) in [6.45, 7) is 2.10. The van der Waals surface area contributed by atoms with Crippen LogP contribution in [0.2, 0.25) is 0 Å². The molecule has 0 fully saturated rings. The van der Waals surface area contributed by atoms with Gasteiger partial charge in [0.2, 0.25) is 5.91 Å². The molecule has 0 bridgehead atoms. The number of rotatable bonds is 5. The Morgan fingerprint density at radius 1 is 1.10 bits per heavy atom. The van der Waals surface area contributed by atoms with Crippen LogP contribution in [-0.2, 0) is 19.1 Å². The van der Waals surface area contributed by atoms with Crippen LogP contribution in [0.4, 0.5) is 15.8 Å². The zero-order valence-electron chi connectivity index (χ0n) is 16.4. The topological polar surface area (TPSA) is 105 Å². The molecule has 1 aliphatic heterocycles. The minimum Gasteiger partial charge on any atom is -0.454 e. The zero-order valence-corrected chi connectivity index (χ0v) is 16.4. The number of hydrogen-bond acceptors (Lipinski definition) is 5. The number of hydrogen-bond donors (Lipinski definition) is 2. The third-order valence-corrected chi connectivity index (χ3v) is 4.61. The molecular formula is C21H20FN3O5. The maximum absolute atomic E-state index is 12.9. The minimum atomic E-state index is -1.19. The van der Waals surface area contributed by atoms with E-state index < -0.39 is 42.3 Å². The second-order valence-corrected chi connectivity index (χ2v) is 7.11. The first-order valence-electron chi connectivity index (χ1n) is 9.13. The Kier molecular flexibility index (Phi) is 5.81. The number of carbonyl (C=O) groups is 4. The van der Waals surface area contributed by atoms with Gasteiger partial charge in [0, 0.05) is 5.56 Å². The second-order valence-electron chi connectivity index (χ2n) is 7.11. The lowest BCUT2D eigenvalue weighted by Gasteiger charge is -2.41. The van der Waals surface area contributed by atoms with Crippen molar-refractivity contribution in [2.75, 3.05) is 23.4 Å². The van der Waals surface area contributed by atoms with Crippen LogP contribution in [0.3, 0.4) is 0 Å². The third-order valence-electron chi connectivity index (χ3n) is 4.61. The van der Waals surface area contributed by atoms with Gasteiger partial charge in [0.15, 0.2) is 6.61 Å². The van der Waals surface area contributed by atoms with E-state index in [1.807, 2.05) is 0 Å². The highest BCUT2D eigenvalue weighted by molar-refractivity contribution is 6.14. The number of para-hydroxylation sites is 2. The summed E-state index contributed by atoms with van der Waals surface area (Å²) >= 11 is 0. The highest BCUT2D eigenvalue weighted by Gasteiger charge is 2.43. The first kappa shape index (κ1) is 21.0. The number of benzene rings is 2. The van der Waals surface area contributed by atoms with Gasteiger partial charge < -0.3 is 15.4 Å². The van der Waals surface area contributed by atoms with Crippen molar-refractivity contribution in [2.45, 2.75) is 19.4 Å². The van der Waals surface area contributed by atoms with Crippen molar-refractivity contribution in [1.29, 1.82) is 0 Å². The summed E-state index contributed by atoms with van der Waals surface area (Å²) in [6.07, 6.45) is 0. The normalized spacial score (nSPS) is 14.4. The van der Waals surface area contributed by atoms with E-state index in [4.69, 9.17) is 4.74 Å². The van der Waals surface area contributed by atoms with Crippen molar-refractivity contribution in [1.82, 2.24) is 5.32 Å². The number of anilines is 2. The molecule has 2 aromatic carbocycles.